The number of hydrogen-bond donors (Lipinski definition) is 1. The van der Waals surface area contributed by atoms with Gasteiger partial charge in [0.05, 0.1) is 0 Å². The van der Waals surface area contributed by atoms with E-state index in [0.29, 0.717) is 20.7 Å². The van der Waals surface area contributed by atoms with Crippen LogP contribution in [0.3, 0.4) is 0 Å². The molecule has 0 fully saturated rings. The molecule has 0 saturated carbocycles. The molecule has 0 aliphatic rings. The van der Waals surface area contributed by atoms with Crippen LogP contribution in [0.15, 0.2) is 5.03 Å². The maximum absolute atomic E-state index is 8.85. The lowest BCUT2D eigenvalue weighted by Gasteiger charge is -2.00. The number of hydrogen-bond acceptors (Lipinski definition) is 6. The van der Waals surface area contributed by atoms with Crippen LogP contribution in [0.1, 0.15) is 5.56 Å². The Balaban J connectivity index is 3.29. The van der Waals surface area contributed by atoms with Crippen LogP contribution in [0.5, 0.6) is 0 Å². The molecule has 74 valence electrons. The standard InChI is InChI=1S/C7H8N4S3/c1-13-6-4(3-8)5(9)11(10-6)7(12)14-2/h9H2,1-2H3. The monoisotopic (exact) mass is 244 g/mol. The molecule has 1 heterocycles. The molecular formula is C7H8N4S3. The summed E-state index contributed by atoms with van der Waals surface area (Å²) in [6, 6.07) is 2.02. The fraction of sp³-hybridized carbons (Fsp3) is 0.286. The van der Waals surface area contributed by atoms with E-state index >= 15 is 0 Å². The average molecular weight is 244 g/mol. The first kappa shape index (κ1) is 11.4. The molecule has 0 bridgehead atoms. The number of nitriles is 1. The summed E-state index contributed by atoms with van der Waals surface area (Å²) in [5.41, 5.74) is 6.13. The maximum Gasteiger partial charge on any atom is 0.163 e. The van der Waals surface area contributed by atoms with Crippen molar-refractivity contribution >= 4 is 45.9 Å². The van der Waals surface area contributed by atoms with Gasteiger partial charge in [0, 0.05) is 0 Å². The van der Waals surface area contributed by atoms with Crippen LogP contribution in [0.2, 0.25) is 0 Å². The van der Waals surface area contributed by atoms with Crippen molar-refractivity contribution in [3.05, 3.63) is 5.56 Å². The predicted octanol–water partition coefficient (Wildman–Crippen LogP) is 1.55. The van der Waals surface area contributed by atoms with E-state index in [0.717, 1.165) is 0 Å². The van der Waals surface area contributed by atoms with E-state index in [9.17, 15) is 0 Å². The van der Waals surface area contributed by atoms with Crippen LogP contribution >= 0.6 is 35.7 Å². The lowest BCUT2D eigenvalue weighted by atomic mass is 10.4. The highest BCUT2D eigenvalue weighted by atomic mass is 32.2. The Bertz CT molecular complexity index is 404. The van der Waals surface area contributed by atoms with Crippen LogP contribution in [0.25, 0.3) is 0 Å². The number of thiocarbonyl (C=S) groups is 1. The second-order valence-electron chi connectivity index (χ2n) is 2.26. The van der Waals surface area contributed by atoms with Gasteiger partial charge in [-0.05, 0) is 12.5 Å². The maximum atomic E-state index is 8.85. The second kappa shape index (κ2) is 4.68. The zero-order valence-electron chi connectivity index (χ0n) is 7.64. The summed E-state index contributed by atoms with van der Waals surface area (Å²) in [5.74, 6) is 0.316. The van der Waals surface area contributed by atoms with Crippen LogP contribution in [0, 0.1) is 11.3 Å². The summed E-state index contributed by atoms with van der Waals surface area (Å²) in [7, 11) is 0. The summed E-state index contributed by atoms with van der Waals surface area (Å²) >= 11 is 7.79. The first-order valence-electron chi connectivity index (χ1n) is 3.56. The minimum absolute atomic E-state index is 0.316. The second-order valence-corrected chi connectivity index (χ2v) is 4.50. The molecule has 0 spiro atoms. The van der Waals surface area contributed by atoms with Crippen LogP contribution in [-0.2, 0) is 0 Å². The molecular weight excluding hydrogens is 236 g/mol. The van der Waals surface area contributed by atoms with Crippen molar-refractivity contribution in [2.75, 3.05) is 18.2 Å². The molecule has 4 nitrogen and oxygen atoms in total. The Kier molecular flexibility index (Phi) is 3.80. The van der Waals surface area contributed by atoms with E-state index in [-0.39, 0.29) is 0 Å². The van der Waals surface area contributed by atoms with E-state index in [2.05, 4.69) is 5.10 Å². The number of nitrogens with two attached hydrogens (primary N) is 1. The number of nitrogens with zero attached hydrogens (tertiary/aromatic N) is 3. The van der Waals surface area contributed by atoms with Gasteiger partial charge in [0.15, 0.2) is 4.32 Å². The zero-order chi connectivity index (χ0) is 10.7. The van der Waals surface area contributed by atoms with Crippen molar-refractivity contribution in [1.29, 1.82) is 5.26 Å². The molecule has 0 aliphatic carbocycles. The van der Waals surface area contributed by atoms with Gasteiger partial charge >= 0.3 is 0 Å². The third-order valence-corrected chi connectivity index (χ3v) is 3.41. The smallest absolute Gasteiger partial charge is 0.163 e. The number of rotatable bonds is 1. The predicted molar refractivity (Wildman–Crippen MR) is 64.6 cm³/mol. The fourth-order valence-corrected chi connectivity index (χ4v) is 1.85. The molecule has 1 aromatic rings. The molecule has 0 aliphatic heterocycles. The van der Waals surface area contributed by atoms with Crippen LogP contribution in [-0.4, -0.2) is 26.6 Å². The number of anilines is 1. The van der Waals surface area contributed by atoms with Crippen LogP contribution in [0.4, 0.5) is 5.82 Å². The molecule has 14 heavy (non-hydrogen) atoms. The third kappa shape index (κ3) is 1.87. The molecule has 0 atom stereocenters. The van der Waals surface area contributed by atoms with Gasteiger partial charge in [-0.15, -0.1) is 11.8 Å². The minimum atomic E-state index is 0.316. The quantitative estimate of drug-likeness (QED) is 0.597. The van der Waals surface area contributed by atoms with Crippen molar-refractivity contribution in [2.45, 2.75) is 5.03 Å². The average Bonchev–Trinajstić information content (AvgIpc) is 2.53. The number of aromatic nitrogens is 2. The fourth-order valence-electron chi connectivity index (χ4n) is 0.884. The molecule has 1 aromatic heterocycles. The van der Waals surface area contributed by atoms with Gasteiger partial charge in [-0.1, -0.05) is 24.0 Å². The Morgan fingerprint density at radius 2 is 2.29 bits per heavy atom. The molecule has 0 amide bonds. The molecule has 7 heteroatoms. The van der Waals surface area contributed by atoms with Gasteiger partial charge in [0.2, 0.25) is 0 Å². The zero-order valence-corrected chi connectivity index (χ0v) is 10.1. The largest absolute Gasteiger partial charge is 0.382 e. The number of nitrogen functional groups attached to an aromatic ring is 1. The molecule has 0 aromatic carbocycles. The van der Waals surface area contributed by atoms with Crippen molar-refractivity contribution < 1.29 is 0 Å². The van der Waals surface area contributed by atoms with Crippen LogP contribution < -0.4 is 5.73 Å². The van der Waals surface area contributed by atoms with Crippen molar-refractivity contribution in [3.8, 4) is 6.07 Å². The first-order valence-corrected chi connectivity index (χ1v) is 6.42. The van der Waals surface area contributed by atoms with Gasteiger partial charge in [-0.3, -0.25) is 0 Å². The summed E-state index contributed by atoms with van der Waals surface area (Å²) in [6.45, 7) is 0. The normalized spacial score (nSPS) is 9.79. The Hall–Kier alpha value is -0.710. The van der Waals surface area contributed by atoms with Gasteiger partial charge < -0.3 is 5.73 Å². The van der Waals surface area contributed by atoms with E-state index in [1.165, 1.54) is 28.2 Å². The van der Waals surface area contributed by atoms with Gasteiger partial charge in [-0.25, -0.2) is 0 Å². The summed E-state index contributed by atoms with van der Waals surface area (Å²) in [5, 5.41) is 13.6. The minimum Gasteiger partial charge on any atom is -0.382 e. The lowest BCUT2D eigenvalue weighted by Crippen LogP contribution is -2.10. The Morgan fingerprint density at radius 3 is 2.64 bits per heavy atom. The first-order chi connectivity index (χ1) is 6.65. The lowest BCUT2D eigenvalue weighted by molar-refractivity contribution is 0.913. The molecule has 2 N–H and O–H groups in total. The van der Waals surface area contributed by atoms with Gasteiger partial charge in [-0.2, -0.15) is 15.0 Å². The summed E-state index contributed by atoms with van der Waals surface area (Å²) in [6.07, 6.45) is 3.68. The Labute approximate surface area is 95.8 Å². The summed E-state index contributed by atoms with van der Waals surface area (Å²) in [4.78, 5) is 0. The molecule has 0 unspecified atom stereocenters. The van der Waals surface area contributed by atoms with Crippen molar-refractivity contribution in [3.63, 3.8) is 0 Å². The van der Waals surface area contributed by atoms with E-state index < -0.39 is 0 Å². The highest BCUT2D eigenvalue weighted by Gasteiger charge is 2.16. The highest BCUT2D eigenvalue weighted by molar-refractivity contribution is 8.22. The Morgan fingerprint density at radius 1 is 1.64 bits per heavy atom. The van der Waals surface area contributed by atoms with Gasteiger partial charge in [0.1, 0.15) is 22.5 Å². The van der Waals surface area contributed by atoms with E-state index in [1.54, 1.807) is 0 Å². The van der Waals surface area contributed by atoms with E-state index in [1.807, 2.05) is 18.6 Å². The molecule has 0 saturated heterocycles. The summed E-state index contributed by atoms with van der Waals surface area (Å²) < 4.78 is 1.96. The van der Waals surface area contributed by atoms with Crippen molar-refractivity contribution in [2.24, 2.45) is 0 Å². The molecule has 0 radical (unpaired) electrons. The van der Waals surface area contributed by atoms with Gasteiger partial charge in [0.25, 0.3) is 0 Å². The SMILES string of the molecule is CSC(=S)n1nc(SC)c(C#N)c1N. The topological polar surface area (TPSA) is 67.6 Å². The van der Waals surface area contributed by atoms with E-state index in [4.69, 9.17) is 23.2 Å². The third-order valence-electron chi connectivity index (χ3n) is 1.54. The highest BCUT2D eigenvalue weighted by Crippen LogP contribution is 2.24. The van der Waals surface area contributed by atoms with Crippen molar-refractivity contribution in [1.82, 2.24) is 9.78 Å². The number of thioether (sulfide) groups is 2. The molecule has 1 rings (SSSR count).